The number of amides is 1. The SMILES string of the molecule is O=C(Nc1ccccc1)[C@H]1O[C@H](CNC2CCCCCC2)[C@@H](O)[C@@H]1O. The third kappa shape index (κ3) is 4.79. The lowest BCUT2D eigenvalue weighted by Gasteiger charge is -2.21. The predicted molar refractivity (Wildman–Crippen MR) is 95.2 cm³/mol. The van der Waals surface area contributed by atoms with Gasteiger partial charge in [-0.1, -0.05) is 43.9 Å². The highest BCUT2D eigenvalue weighted by Gasteiger charge is 2.46. The summed E-state index contributed by atoms with van der Waals surface area (Å²) < 4.78 is 5.67. The summed E-state index contributed by atoms with van der Waals surface area (Å²) in [6, 6.07) is 9.44. The van der Waals surface area contributed by atoms with Crippen molar-refractivity contribution in [1.29, 1.82) is 0 Å². The molecule has 2 fully saturated rings. The average molecular weight is 348 g/mol. The number of aliphatic hydroxyl groups is 2. The van der Waals surface area contributed by atoms with Crippen molar-refractivity contribution in [1.82, 2.24) is 5.32 Å². The fourth-order valence-electron chi connectivity index (χ4n) is 3.64. The van der Waals surface area contributed by atoms with Crippen LogP contribution in [0.1, 0.15) is 38.5 Å². The Kier molecular flexibility index (Phi) is 6.42. The van der Waals surface area contributed by atoms with E-state index in [-0.39, 0.29) is 0 Å². The Morgan fingerprint density at radius 1 is 1.04 bits per heavy atom. The zero-order valence-corrected chi connectivity index (χ0v) is 14.4. The van der Waals surface area contributed by atoms with Gasteiger partial charge >= 0.3 is 0 Å². The maximum Gasteiger partial charge on any atom is 0.256 e. The summed E-state index contributed by atoms with van der Waals surface area (Å²) in [4.78, 5) is 12.3. The number of hydrogen-bond acceptors (Lipinski definition) is 5. The van der Waals surface area contributed by atoms with Gasteiger partial charge in [-0.25, -0.2) is 0 Å². The van der Waals surface area contributed by atoms with Gasteiger partial charge in [0.05, 0.1) is 6.10 Å². The van der Waals surface area contributed by atoms with E-state index in [1.165, 1.54) is 25.7 Å². The van der Waals surface area contributed by atoms with Gasteiger partial charge < -0.3 is 25.6 Å². The summed E-state index contributed by atoms with van der Waals surface area (Å²) >= 11 is 0. The largest absolute Gasteiger partial charge is 0.388 e. The Balaban J connectivity index is 1.52. The van der Waals surface area contributed by atoms with Gasteiger partial charge in [0.25, 0.3) is 5.91 Å². The molecule has 2 aliphatic rings. The minimum absolute atomic E-state index is 0.424. The number of nitrogens with one attached hydrogen (secondary N) is 2. The van der Waals surface area contributed by atoms with Crippen LogP contribution in [0.4, 0.5) is 5.69 Å². The number of hydrogen-bond donors (Lipinski definition) is 4. The van der Waals surface area contributed by atoms with E-state index in [4.69, 9.17) is 4.74 Å². The average Bonchev–Trinajstić information content (AvgIpc) is 2.81. The van der Waals surface area contributed by atoms with Crippen LogP contribution in [0, 0.1) is 0 Å². The van der Waals surface area contributed by atoms with Gasteiger partial charge in [0.2, 0.25) is 0 Å². The van der Waals surface area contributed by atoms with Gasteiger partial charge in [-0.15, -0.1) is 0 Å². The maximum atomic E-state index is 12.3. The van der Waals surface area contributed by atoms with Crippen molar-refractivity contribution in [3.05, 3.63) is 30.3 Å². The molecule has 6 heteroatoms. The summed E-state index contributed by atoms with van der Waals surface area (Å²) in [5.74, 6) is -0.435. The van der Waals surface area contributed by atoms with Crippen LogP contribution >= 0.6 is 0 Å². The van der Waals surface area contributed by atoms with Crippen molar-refractivity contribution < 1.29 is 19.7 Å². The van der Waals surface area contributed by atoms with Crippen LogP contribution in [0.5, 0.6) is 0 Å². The first kappa shape index (κ1) is 18.3. The van der Waals surface area contributed by atoms with E-state index in [0.29, 0.717) is 18.3 Å². The third-order valence-electron chi connectivity index (χ3n) is 5.13. The molecule has 0 spiro atoms. The number of anilines is 1. The number of benzene rings is 1. The van der Waals surface area contributed by atoms with Crippen molar-refractivity contribution in [2.75, 3.05) is 11.9 Å². The number of rotatable bonds is 5. The molecule has 1 aliphatic heterocycles. The van der Waals surface area contributed by atoms with E-state index in [0.717, 1.165) is 12.8 Å². The van der Waals surface area contributed by atoms with Gasteiger partial charge in [-0.3, -0.25) is 4.79 Å². The van der Waals surface area contributed by atoms with Crippen LogP contribution in [0.2, 0.25) is 0 Å². The summed E-state index contributed by atoms with van der Waals surface area (Å²) in [6.07, 6.45) is 3.33. The molecule has 1 aliphatic carbocycles. The fraction of sp³-hybridized carbons (Fsp3) is 0.632. The predicted octanol–water partition coefficient (Wildman–Crippen LogP) is 1.43. The smallest absolute Gasteiger partial charge is 0.256 e. The van der Waals surface area contributed by atoms with Gasteiger partial charge in [-0.05, 0) is 25.0 Å². The molecule has 0 radical (unpaired) electrons. The Morgan fingerprint density at radius 2 is 1.72 bits per heavy atom. The summed E-state index contributed by atoms with van der Waals surface area (Å²) in [5.41, 5.74) is 0.637. The molecule has 6 nitrogen and oxygen atoms in total. The van der Waals surface area contributed by atoms with Gasteiger partial charge in [0.15, 0.2) is 6.10 Å². The second-order valence-electron chi connectivity index (χ2n) is 7.03. The molecule has 0 bridgehead atoms. The zero-order chi connectivity index (χ0) is 17.6. The van der Waals surface area contributed by atoms with E-state index in [1.54, 1.807) is 12.1 Å². The lowest BCUT2D eigenvalue weighted by Crippen LogP contribution is -2.42. The summed E-state index contributed by atoms with van der Waals surface area (Å²) in [6.45, 7) is 0.442. The number of aliphatic hydroxyl groups excluding tert-OH is 2. The molecular weight excluding hydrogens is 320 g/mol. The number of ether oxygens (including phenoxy) is 1. The monoisotopic (exact) mass is 348 g/mol. The molecule has 1 aromatic rings. The highest BCUT2D eigenvalue weighted by atomic mass is 16.5. The number of para-hydroxylation sites is 1. The van der Waals surface area contributed by atoms with E-state index in [1.807, 2.05) is 18.2 Å². The highest BCUT2D eigenvalue weighted by Crippen LogP contribution is 2.23. The lowest BCUT2D eigenvalue weighted by molar-refractivity contribution is -0.130. The van der Waals surface area contributed by atoms with Crippen molar-refractivity contribution in [3.63, 3.8) is 0 Å². The minimum atomic E-state index is -1.22. The molecule has 1 saturated heterocycles. The van der Waals surface area contributed by atoms with E-state index >= 15 is 0 Å². The molecule has 1 heterocycles. The van der Waals surface area contributed by atoms with E-state index in [2.05, 4.69) is 10.6 Å². The van der Waals surface area contributed by atoms with Crippen LogP contribution in [-0.2, 0) is 9.53 Å². The van der Waals surface area contributed by atoms with Crippen LogP contribution in [-0.4, -0.2) is 53.1 Å². The maximum absolute atomic E-state index is 12.3. The van der Waals surface area contributed by atoms with Crippen LogP contribution in [0.25, 0.3) is 0 Å². The standard InChI is InChI=1S/C19H28N2O4/c22-16-15(12-20-13-8-4-1-2-5-9-13)25-18(17(16)23)19(24)21-14-10-6-3-7-11-14/h3,6-7,10-11,13,15-18,20,22-23H,1-2,4-5,8-9,12H2,(H,21,24)/t15-,16-,17+,18+/m1/s1. The van der Waals surface area contributed by atoms with Crippen LogP contribution < -0.4 is 10.6 Å². The van der Waals surface area contributed by atoms with Crippen molar-refractivity contribution in [2.45, 2.75) is 69.0 Å². The van der Waals surface area contributed by atoms with Crippen molar-refractivity contribution in [3.8, 4) is 0 Å². The van der Waals surface area contributed by atoms with Crippen molar-refractivity contribution >= 4 is 11.6 Å². The van der Waals surface area contributed by atoms with Crippen molar-refractivity contribution in [2.24, 2.45) is 0 Å². The number of carbonyl (C=O) groups is 1. The van der Waals surface area contributed by atoms with Crippen LogP contribution in [0.3, 0.4) is 0 Å². The topological polar surface area (TPSA) is 90.8 Å². The minimum Gasteiger partial charge on any atom is -0.388 e. The first-order valence-electron chi connectivity index (χ1n) is 9.26. The second kappa shape index (κ2) is 8.76. The molecular formula is C19H28N2O4. The Labute approximate surface area is 148 Å². The molecule has 25 heavy (non-hydrogen) atoms. The molecule has 4 atom stereocenters. The van der Waals surface area contributed by atoms with Gasteiger partial charge in [-0.2, -0.15) is 0 Å². The fourth-order valence-corrected chi connectivity index (χ4v) is 3.64. The molecule has 4 N–H and O–H groups in total. The molecule has 1 saturated carbocycles. The normalized spacial score (nSPS) is 30.8. The summed E-state index contributed by atoms with van der Waals surface area (Å²) in [7, 11) is 0. The Bertz CT molecular complexity index is 546. The van der Waals surface area contributed by atoms with Gasteiger partial charge in [0.1, 0.15) is 12.2 Å². The molecule has 1 amide bonds. The summed E-state index contributed by atoms with van der Waals surface area (Å²) in [5, 5.41) is 26.6. The molecule has 0 unspecified atom stereocenters. The Morgan fingerprint density at radius 3 is 2.40 bits per heavy atom. The molecule has 138 valence electrons. The number of carbonyl (C=O) groups excluding carboxylic acids is 1. The molecule has 0 aromatic heterocycles. The lowest BCUT2D eigenvalue weighted by atomic mass is 10.1. The first-order valence-corrected chi connectivity index (χ1v) is 9.26. The third-order valence-corrected chi connectivity index (χ3v) is 5.13. The second-order valence-corrected chi connectivity index (χ2v) is 7.03. The van der Waals surface area contributed by atoms with E-state index in [9.17, 15) is 15.0 Å². The molecule has 3 rings (SSSR count). The first-order chi connectivity index (χ1) is 12.1. The van der Waals surface area contributed by atoms with Gasteiger partial charge in [0, 0.05) is 18.3 Å². The van der Waals surface area contributed by atoms with E-state index < -0.39 is 30.3 Å². The molecule has 1 aromatic carbocycles. The highest BCUT2D eigenvalue weighted by molar-refractivity contribution is 5.94. The zero-order valence-electron chi connectivity index (χ0n) is 14.4. The quantitative estimate of drug-likeness (QED) is 0.604. The Hall–Kier alpha value is -1.47. The van der Waals surface area contributed by atoms with Crippen LogP contribution in [0.15, 0.2) is 30.3 Å².